The molecule has 0 bridgehead atoms. The predicted molar refractivity (Wildman–Crippen MR) is 136 cm³/mol. The molecule has 40 heavy (non-hydrogen) atoms. The Morgan fingerprint density at radius 3 is 1.62 bits per heavy atom. The molecule has 3 rings (SSSR count). The summed E-state index contributed by atoms with van der Waals surface area (Å²) in [5.41, 5.74) is 22.2. The number of ether oxygens (including phenoxy) is 1. The highest BCUT2D eigenvalue weighted by Gasteiger charge is 2.19. The van der Waals surface area contributed by atoms with Crippen LogP contribution in [0.3, 0.4) is 0 Å². The minimum Gasteiger partial charge on any atom is -0.481 e. The van der Waals surface area contributed by atoms with Gasteiger partial charge in [-0.15, -0.1) is 0 Å². The average molecular weight is 597 g/mol. The van der Waals surface area contributed by atoms with Gasteiger partial charge >= 0.3 is 17.9 Å². The van der Waals surface area contributed by atoms with E-state index in [0.29, 0.717) is 11.4 Å². The first-order valence-corrected chi connectivity index (χ1v) is 13.4. The van der Waals surface area contributed by atoms with Gasteiger partial charge in [0.05, 0.1) is 29.1 Å². The molecule has 2 aromatic carbocycles. The van der Waals surface area contributed by atoms with E-state index >= 15 is 0 Å². The Morgan fingerprint density at radius 2 is 1.27 bits per heavy atom. The van der Waals surface area contributed by atoms with Crippen LogP contribution in [0.1, 0.15) is 25.7 Å². The first-order chi connectivity index (χ1) is 18.7. The fraction of sp³-hybridized carbons (Fsp3) is 0.200. The van der Waals surface area contributed by atoms with Gasteiger partial charge in [0.15, 0.2) is 0 Å². The largest absolute Gasteiger partial charge is 0.481 e. The maximum Gasteiger partial charge on any atom is 0.314 e. The van der Waals surface area contributed by atoms with Crippen molar-refractivity contribution in [3.05, 3.63) is 69.4 Å². The molecule has 1 fully saturated rings. The lowest BCUT2D eigenvalue weighted by Gasteiger charge is -2.04. The standard InChI is InChI=1S/C10H10N4O5S.C6H6N4O2S.C4H4O3/c11-13-14-20(18,19)8-3-1-7(2-4-8)12-9(15)5-6-10(16)17;7-5-1-3-6(4-2-5)13(11,12)10-9-8;5-3-1-2-4(6)7-3/h1-4H,5-6H2,(H,12,15)(H,16,17);1-4H,7H2;1-2H2. The van der Waals surface area contributed by atoms with Gasteiger partial charge in [0, 0.05) is 36.7 Å². The maximum atomic E-state index is 11.4. The van der Waals surface area contributed by atoms with Crippen LogP contribution in [0.5, 0.6) is 0 Å². The number of carboxylic acids is 1. The molecule has 0 aromatic heterocycles. The zero-order valence-corrected chi connectivity index (χ0v) is 21.8. The summed E-state index contributed by atoms with van der Waals surface area (Å²) in [6, 6.07) is 10.3. The lowest BCUT2D eigenvalue weighted by atomic mass is 10.2. The van der Waals surface area contributed by atoms with E-state index in [-0.39, 0.29) is 35.5 Å². The molecule has 1 aliphatic rings. The molecule has 212 valence electrons. The van der Waals surface area contributed by atoms with E-state index in [2.05, 4.69) is 28.9 Å². The van der Waals surface area contributed by atoms with E-state index in [1.54, 1.807) is 0 Å². The Hall–Kier alpha value is -5.16. The first kappa shape index (κ1) is 32.9. The zero-order chi connectivity index (χ0) is 30.3. The van der Waals surface area contributed by atoms with Crippen LogP contribution >= 0.6 is 0 Å². The molecule has 0 unspecified atom stereocenters. The van der Waals surface area contributed by atoms with Gasteiger partial charge in [0.2, 0.25) is 5.91 Å². The van der Waals surface area contributed by atoms with Crippen LogP contribution in [-0.2, 0) is 44.0 Å². The van der Waals surface area contributed by atoms with E-state index in [4.69, 9.17) is 21.9 Å². The summed E-state index contributed by atoms with van der Waals surface area (Å²) in [7, 11) is -7.93. The minimum atomic E-state index is -4.06. The van der Waals surface area contributed by atoms with E-state index in [0.717, 1.165) is 12.1 Å². The molecule has 4 N–H and O–H groups in total. The average Bonchev–Trinajstić information content (AvgIpc) is 3.26. The highest BCUT2D eigenvalue weighted by atomic mass is 32.2. The number of nitrogens with one attached hydrogen (secondary N) is 1. The number of nitrogens with two attached hydrogens (primary N) is 1. The molecule has 1 saturated heterocycles. The van der Waals surface area contributed by atoms with Crippen molar-refractivity contribution in [1.82, 2.24) is 0 Å². The number of carboxylic acid groups (broad SMARTS) is 1. The van der Waals surface area contributed by atoms with Gasteiger partial charge in [-0.1, -0.05) is 0 Å². The van der Waals surface area contributed by atoms with Gasteiger partial charge < -0.3 is 20.9 Å². The van der Waals surface area contributed by atoms with Crippen molar-refractivity contribution in [1.29, 1.82) is 0 Å². The van der Waals surface area contributed by atoms with Gasteiger partial charge in [-0.25, -0.2) is 16.8 Å². The smallest absolute Gasteiger partial charge is 0.314 e. The number of nitrogens with zero attached hydrogens (tertiary/aromatic N) is 6. The molecular formula is C20H20N8O10S2. The van der Waals surface area contributed by atoms with E-state index in [9.17, 15) is 36.0 Å². The summed E-state index contributed by atoms with van der Waals surface area (Å²) >= 11 is 0. The molecule has 0 atom stereocenters. The second-order valence-electron chi connectivity index (χ2n) is 7.17. The Bertz CT molecular complexity index is 1550. The number of anilines is 2. The number of cyclic esters (lactones) is 2. The number of aliphatic carboxylic acids is 1. The quantitative estimate of drug-likeness (QED) is 0.0992. The number of carbonyl (C=O) groups is 4. The molecule has 1 amide bonds. The number of esters is 2. The van der Waals surface area contributed by atoms with Crippen molar-refractivity contribution in [2.24, 2.45) is 9.04 Å². The molecular weight excluding hydrogens is 576 g/mol. The topological polar surface area (TPSA) is 302 Å². The third-order valence-corrected chi connectivity index (χ3v) is 6.54. The lowest BCUT2D eigenvalue weighted by molar-refractivity contribution is -0.152. The molecule has 0 saturated carbocycles. The van der Waals surface area contributed by atoms with Crippen molar-refractivity contribution >= 4 is 55.2 Å². The van der Waals surface area contributed by atoms with Gasteiger partial charge in [0.1, 0.15) is 0 Å². The fourth-order valence-electron chi connectivity index (χ4n) is 2.42. The summed E-state index contributed by atoms with van der Waals surface area (Å²) < 4.78 is 54.3. The Kier molecular flexibility index (Phi) is 12.6. The third-order valence-electron chi connectivity index (χ3n) is 4.23. The number of hydrogen-bond acceptors (Lipinski definition) is 10. The molecule has 2 aromatic rings. The number of benzene rings is 2. The van der Waals surface area contributed by atoms with Gasteiger partial charge in [-0.2, -0.15) is 0 Å². The fourth-order valence-corrected chi connectivity index (χ4v) is 3.76. The van der Waals surface area contributed by atoms with Crippen molar-refractivity contribution in [3.8, 4) is 0 Å². The Morgan fingerprint density at radius 1 is 0.850 bits per heavy atom. The number of carbonyl (C=O) groups excluding carboxylic acids is 3. The van der Waals surface area contributed by atoms with E-state index in [1.807, 2.05) is 0 Å². The summed E-state index contributed by atoms with van der Waals surface area (Å²) in [6.45, 7) is 0. The van der Waals surface area contributed by atoms with Crippen molar-refractivity contribution in [3.63, 3.8) is 0 Å². The molecule has 0 radical (unpaired) electrons. The highest BCUT2D eigenvalue weighted by Crippen LogP contribution is 2.17. The van der Waals surface area contributed by atoms with Crippen LogP contribution in [-0.4, -0.2) is 45.8 Å². The molecule has 1 aliphatic heterocycles. The number of hydrogen-bond donors (Lipinski definition) is 3. The van der Waals surface area contributed by atoms with E-state index in [1.165, 1.54) is 36.4 Å². The van der Waals surface area contributed by atoms with Crippen LogP contribution in [0.25, 0.3) is 20.9 Å². The summed E-state index contributed by atoms with van der Waals surface area (Å²) in [5.74, 6) is -2.39. The number of sulfonamides is 2. The van der Waals surface area contributed by atoms with E-state index < -0.39 is 43.9 Å². The number of nitrogen functional groups attached to an aromatic ring is 1. The Labute approximate surface area is 226 Å². The van der Waals surface area contributed by atoms with Gasteiger partial charge in [-0.3, -0.25) is 19.2 Å². The monoisotopic (exact) mass is 596 g/mol. The van der Waals surface area contributed by atoms with Crippen molar-refractivity contribution < 1.29 is 45.9 Å². The molecule has 0 spiro atoms. The summed E-state index contributed by atoms with van der Waals surface area (Å²) in [6.07, 6.45) is 0.0426. The van der Waals surface area contributed by atoms with Crippen LogP contribution < -0.4 is 11.1 Å². The first-order valence-electron chi connectivity index (χ1n) is 10.5. The molecule has 1 heterocycles. The molecule has 20 heteroatoms. The number of amides is 1. The number of azide groups is 2. The summed E-state index contributed by atoms with van der Waals surface area (Å²) in [4.78, 5) is 45.8. The maximum absolute atomic E-state index is 11.4. The summed E-state index contributed by atoms with van der Waals surface area (Å²) in [5, 5.41) is 10.8. The number of rotatable bonds is 8. The second-order valence-corrected chi connectivity index (χ2v) is 10.3. The minimum absolute atomic E-state index is 0.0699. The van der Waals surface area contributed by atoms with Crippen LogP contribution in [0.4, 0.5) is 11.4 Å². The van der Waals surface area contributed by atoms with Crippen LogP contribution in [0.2, 0.25) is 0 Å². The third kappa shape index (κ3) is 11.9. The predicted octanol–water partition coefficient (Wildman–Crippen LogP) is 2.61. The van der Waals surface area contributed by atoms with Crippen LogP contribution in [0.15, 0.2) is 67.4 Å². The highest BCUT2D eigenvalue weighted by molar-refractivity contribution is 7.90. The normalized spacial score (nSPS) is 12.1. The van der Waals surface area contributed by atoms with Crippen molar-refractivity contribution in [2.45, 2.75) is 35.5 Å². The van der Waals surface area contributed by atoms with Crippen molar-refractivity contribution in [2.75, 3.05) is 11.1 Å². The Balaban J connectivity index is 0.000000339. The van der Waals surface area contributed by atoms with Gasteiger partial charge in [0.25, 0.3) is 20.0 Å². The SMILES string of the molecule is O=C1CCC(=O)O1.[N-]=[N+]=NS(=O)(=O)c1ccc(N)cc1.[N-]=[N+]=NS(=O)(=O)c1ccc(NC(=O)CCC(=O)O)cc1. The molecule has 18 nitrogen and oxygen atoms in total. The van der Waals surface area contributed by atoms with Crippen LogP contribution in [0, 0.1) is 0 Å². The van der Waals surface area contributed by atoms with Gasteiger partial charge in [-0.05, 0) is 59.6 Å². The molecule has 0 aliphatic carbocycles. The second kappa shape index (κ2) is 15.3. The lowest BCUT2D eigenvalue weighted by Crippen LogP contribution is -2.13. The zero-order valence-electron chi connectivity index (χ0n) is 20.1.